The Morgan fingerprint density at radius 2 is 1.72 bits per heavy atom. The number of aryl methyl sites for hydroxylation is 1. The van der Waals surface area contributed by atoms with Crippen molar-refractivity contribution in [3.8, 4) is 5.75 Å². The van der Waals surface area contributed by atoms with Gasteiger partial charge in [0.2, 0.25) is 11.8 Å². The average molecular weight is 451 g/mol. The van der Waals surface area contributed by atoms with Gasteiger partial charge in [0.1, 0.15) is 5.75 Å². The zero-order valence-electron chi connectivity index (χ0n) is 17.4. The minimum absolute atomic E-state index is 0.170. The number of primary amides is 1. The SMILES string of the molecule is COc1ccc(C(=O)Nc2nc3c(s2)CCC[C@@H]3C(=O)Nc2ccc(C(N)=O)cc2)cc1. The van der Waals surface area contributed by atoms with Gasteiger partial charge in [-0.3, -0.25) is 19.7 Å². The van der Waals surface area contributed by atoms with Crippen molar-refractivity contribution >= 4 is 39.9 Å². The third kappa shape index (κ3) is 4.62. The van der Waals surface area contributed by atoms with Crippen molar-refractivity contribution in [2.75, 3.05) is 17.7 Å². The fourth-order valence-corrected chi connectivity index (χ4v) is 4.65. The van der Waals surface area contributed by atoms with Crippen LogP contribution in [0.2, 0.25) is 0 Å². The number of anilines is 2. The maximum Gasteiger partial charge on any atom is 0.257 e. The molecule has 0 spiro atoms. The van der Waals surface area contributed by atoms with E-state index in [-0.39, 0.29) is 11.8 Å². The maximum atomic E-state index is 12.9. The molecule has 0 aliphatic heterocycles. The Morgan fingerprint density at radius 3 is 2.38 bits per heavy atom. The Labute approximate surface area is 188 Å². The van der Waals surface area contributed by atoms with Crippen LogP contribution in [0.5, 0.6) is 5.75 Å². The van der Waals surface area contributed by atoms with E-state index < -0.39 is 11.8 Å². The number of aromatic nitrogens is 1. The number of hydrogen-bond donors (Lipinski definition) is 3. The number of carbonyl (C=O) groups is 3. The average Bonchev–Trinajstić information content (AvgIpc) is 3.21. The van der Waals surface area contributed by atoms with Gasteiger partial charge in [-0.15, -0.1) is 11.3 Å². The van der Waals surface area contributed by atoms with Crippen LogP contribution >= 0.6 is 11.3 Å². The number of methoxy groups -OCH3 is 1. The van der Waals surface area contributed by atoms with E-state index in [1.165, 1.54) is 11.3 Å². The van der Waals surface area contributed by atoms with Crippen molar-refractivity contribution in [1.29, 1.82) is 0 Å². The van der Waals surface area contributed by atoms with Gasteiger partial charge < -0.3 is 15.8 Å². The molecule has 3 aromatic rings. The number of benzene rings is 2. The molecule has 0 saturated carbocycles. The zero-order valence-corrected chi connectivity index (χ0v) is 18.2. The van der Waals surface area contributed by atoms with Gasteiger partial charge in [-0.25, -0.2) is 4.98 Å². The molecule has 1 aliphatic rings. The van der Waals surface area contributed by atoms with Crippen LogP contribution < -0.4 is 21.1 Å². The van der Waals surface area contributed by atoms with Crippen LogP contribution in [0, 0.1) is 0 Å². The van der Waals surface area contributed by atoms with Gasteiger partial charge in [-0.2, -0.15) is 0 Å². The largest absolute Gasteiger partial charge is 0.497 e. The molecule has 0 unspecified atom stereocenters. The van der Waals surface area contributed by atoms with Gasteiger partial charge in [0.15, 0.2) is 5.13 Å². The highest BCUT2D eigenvalue weighted by molar-refractivity contribution is 7.16. The molecule has 1 heterocycles. The predicted octanol–water partition coefficient (Wildman–Crippen LogP) is 3.56. The molecule has 0 radical (unpaired) electrons. The van der Waals surface area contributed by atoms with Crippen LogP contribution in [-0.4, -0.2) is 29.8 Å². The summed E-state index contributed by atoms with van der Waals surface area (Å²) in [5.74, 6) is -0.696. The third-order valence-corrected chi connectivity index (χ3v) is 6.33. The lowest BCUT2D eigenvalue weighted by molar-refractivity contribution is -0.117. The van der Waals surface area contributed by atoms with Crippen molar-refractivity contribution in [3.63, 3.8) is 0 Å². The predicted molar refractivity (Wildman–Crippen MR) is 122 cm³/mol. The first kappa shape index (κ1) is 21.5. The summed E-state index contributed by atoms with van der Waals surface area (Å²) in [5, 5.41) is 6.18. The van der Waals surface area contributed by atoms with E-state index >= 15 is 0 Å². The molecular weight excluding hydrogens is 428 g/mol. The lowest BCUT2D eigenvalue weighted by atomic mass is 9.90. The molecule has 4 N–H and O–H groups in total. The smallest absolute Gasteiger partial charge is 0.257 e. The number of amides is 3. The lowest BCUT2D eigenvalue weighted by Crippen LogP contribution is -2.24. The van der Waals surface area contributed by atoms with Crippen molar-refractivity contribution in [3.05, 3.63) is 70.2 Å². The monoisotopic (exact) mass is 450 g/mol. The molecule has 164 valence electrons. The van der Waals surface area contributed by atoms with E-state index in [4.69, 9.17) is 10.5 Å². The van der Waals surface area contributed by atoms with Gasteiger partial charge in [-0.05, 0) is 67.8 Å². The second-order valence-corrected chi connectivity index (χ2v) is 8.47. The quantitative estimate of drug-likeness (QED) is 0.530. The lowest BCUT2D eigenvalue weighted by Gasteiger charge is -2.20. The van der Waals surface area contributed by atoms with Crippen LogP contribution in [0.15, 0.2) is 48.5 Å². The Kier molecular flexibility index (Phi) is 6.18. The number of fused-ring (bicyclic) bond motifs is 1. The fourth-order valence-electron chi connectivity index (χ4n) is 3.59. The Morgan fingerprint density at radius 1 is 1.03 bits per heavy atom. The number of nitrogens with one attached hydrogen (secondary N) is 2. The summed E-state index contributed by atoms with van der Waals surface area (Å²) >= 11 is 1.40. The standard InChI is InChI=1S/C23H22N4O4S/c1-31-16-11-7-14(8-12-16)21(29)27-23-26-19-17(3-2-4-18(19)32-23)22(30)25-15-9-5-13(6-10-15)20(24)28/h5-12,17H,2-4H2,1H3,(H2,24,28)(H,25,30)(H,26,27,29)/t17-/m0/s1. The molecule has 2 aromatic carbocycles. The molecule has 1 atom stereocenters. The molecule has 0 fully saturated rings. The highest BCUT2D eigenvalue weighted by atomic mass is 32.1. The Balaban J connectivity index is 1.47. The third-order valence-electron chi connectivity index (χ3n) is 5.28. The molecule has 4 rings (SSSR count). The fraction of sp³-hybridized carbons (Fsp3) is 0.217. The Hall–Kier alpha value is -3.72. The maximum absolute atomic E-state index is 12.9. The summed E-state index contributed by atoms with van der Waals surface area (Å²) in [6, 6.07) is 13.2. The van der Waals surface area contributed by atoms with Crippen LogP contribution in [0.4, 0.5) is 10.8 Å². The molecule has 1 aliphatic carbocycles. The molecule has 0 bridgehead atoms. The number of carbonyl (C=O) groups excluding carboxylic acids is 3. The number of thiazole rings is 1. The molecule has 8 nitrogen and oxygen atoms in total. The van der Waals surface area contributed by atoms with Crippen molar-refractivity contribution < 1.29 is 19.1 Å². The minimum Gasteiger partial charge on any atom is -0.497 e. The van der Waals surface area contributed by atoms with Crippen LogP contribution in [0.25, 0.3) is 0 Å². The number of nitrogens with two attached hydrogens (primary N) is 1. The van der Waals surface area contributed by atoms with E-state index in [9.17, 15) is 14.4 Å². The van der Waals surface area contributed by atoms with Gasteiger partial charge in [0.25, 0.3) is 5.91 Å². The van der Waals surface area contributed by atoms with E-state index in [1.807, 2.05) is 0 Å². The summed E-state index contributed by atoms with van der Waals surface area (Å²) in [6.07, 6.45) is 2.36. The highest BCUT2D eigenvalue weighted by Crippen LogP contribution is 2.37. The second-order valence-electron chi connectivity index (χ2n) is 7.39. The van der Waals surface area contributed by atoms with E-state index in [2.05, 4.69) is 15.6 Å². The topological polar surface area (TPSA) is 123 Å². The molecule has 9 heteroatoms. The number of nitrogens with zero attached hydrogens (tertiary/aromatic N) is 1. The summed E-state index contributed by atoms with van der Waals surface area (Å²) in [4.78, 5) is 42.3. The molecule has 3 amide bonds. The zero-order chi connectivity index (χ0) is 22.7. The van der Waals surface area contributed by atoms with E-state index in [0.29, 0.717) is 39.8 Å². The highest BCUT2D eigenvalue weighted by Gasteiger charge is 2.30. The molecule has 1 aromatic heterocycles. The Bertz CT molecular complexity index is 1160. The van der Waals surface area contributed by atoms with E-state index in [0.717, 1.165) is 17.7 Å². The van der Waals surface area contributed by atoms with Gasteiger partial charge >= 0.3 is 0 Å². The first-order valence-corrected chi connectivity index (χ1v) is 10.9. The van der Waals surface area contributed by atoms with Gasteiger partial charge in [0, 0.05) is 21.7 Å². The molecule has 0 saturated heterocycles. The first-order valence-electron chi connectivity index (χ1n) is 10.1. The van der Waals surface area contributed by atoms with Crippen LogP contribution in [-0.2, 0) is 11.2 Å². The minimum atomic E-state index is -0.522. The summed E-state index contributed by atoms with van der Waals surface area (Å²) in [5.41, 5.74) is 7.41. The van der Waals surface area contributed by atoms with Crippen LogP contribution in [0.1, 0.15) is 50.0 Å². The van der Waals surface area contributed by atoms with Crippen molar-refractivity contribution in [2.24, 2.45) is 5.73 Å². The van der Waals surface area contributed by atoms with Crippen molar-refractivity contribution in [2.45, 2.75) is 25.2 Å². The van der Waals surface area contributed by atoms with Crippen LogP contribution in [0.3, 0.4) is 0 Å². The molecular formula is C23H22N4O4S. The summed E-state index contributed by atoms with van der Waals surface area (Å²) in [6.45, 7) is 0. The summed E-state index contributed by atoms with van der Waals surface area (Å²) < 4.78 is 5.11. The van der Waals surface area contributed by atoms with Gasteiger partial charge in [-0.1, -0.05) is 0 Å². The normalized spacial score (nSPS) is 14.8. The summed E-state index contributed by atoms with van der Waals surface area (Å²) in [7, 11) is 1.57. The van der Waals surface area contributed by atoms with Crippen molar-refractivity contribution in [1.82, 2.24) is 4.98 Å². The van der Waals surface area contributed by atoms with E-state index in [1.54, 1.807) is 55.6 Å². The number of ether oxygens (including phenoxy) is 1. The second kappa shape index (κ2) is 9.19. The molecule has 32 heavy (non-hydrogen) atoms. The number of rotatable bonds is 6. The number of hydrogen-bond acceptors (Lipinski definition) is 6. The van der Waals surface area contributed by atoms with Gasteiger partial charge in [0.05, 0.1) is 18.7 Å². The first-order chi connectivity index (χ1) is 15.4.